The van der Waals surface area contributed by atoms with Gasteiger partial charge in [-0.15, -0.1) is 12.4 Å². The molecular weight excluding hydrogens is 506 g/mol. The van der Waals surface area contributed by atoms with Crippen molar-refractivity contribution in [2.24, 2.45) is 0 Å². The highest BCUT2D eigenvalue weighted by Crippen LogP contribution is 2.22. The molecule has 0 saturated heterocycles. The van der Waals surface area contributed by atoms with E-state index in [4.69, 9.17) is 12.2 Å². The Balaban J connectivity index is 0.00000684. The zero-order chi connectivity index (χ0) is 26.6. The molecule has 0 bridgehead atoms. The van der Waals surface area contributed by atoms with Crippen LogP contribution in [0.25, 0.3) is 0 Å². The normalized spacial score (nSPS) is 11.7. The molecule has 0 heterocycles. The predicted molar refractivity (Wildman–Crippen MR) is 161 cm³/mol. The Kier molecular flexibility index (Phi) is 14.4. The molecule has 0 radical (unpaired) electrons. The van der Waals surface area contributed by atoms with E-state index in [1.54, 1.807) is 12.1 Å². The fourth-order valence-electron chi connectivity index (χ4n) is 3.77. The third-order valence-electron chi connectivity index (χ3n) is 5.98. The molecule has 2 aromatic carbocycles. The highest BCUT2D eigenvalue weighted by atomic mass is 35.5. The van der Waals surface area contributed by atoms with Crippen LogP contribution in [0.1, 0.15) is 68.8 Å². The number of unbranched alkanes of at least 4 members (excludes halogenated alkanes) is 2. The van der Waals surface area contributed by atoms with Crippen LogP contribution in [0.3, 0.4) is 0 Å². The van der Waals surface area contributed by atoms with Gasteiger partial charge in [-0.3, -0.25) is 14.9 Å². The Morgan fingerprint density at radius 2 is 1.46 bits per heavy atom. The number of hydrogen-bond acceptors (Lipinski definition) is 5. The van der Waals surface area contributed by atoms with Crippen LogP contribution in [-0.2, 0) is 10.2 Å². The third-order valence-corrected chi connectivity index (χ3v) is 6.19. The van der Waals surface area contributed by atoms with Gasteiger partial charge in [-0.25, -0.2) is 0 Å². The number of rotatable bonds is 12. The van der Waals surface area contributed by atoms with Crippen LogP contribution in [-0.4, -0.2) is 43.6 Å². The Morgan fingerprint density at radius 1 is 0.865 bits per heavy atom. The first-order valence-electron chi connectivity index (χ1n) is 12.6. The number of carbonyl (C=O) groups excluding carboxylic acids is 2. The average molecular weight is 548 g/mol. The summed E-state index contributed by atoms with van der Waals surface area (Å²) in [6.07, 6.45) is 4.60. The summed E-state index contributed by atoms with van der Waals surface area (Å²) in [5.74, 6) is -0.253. The van der Waals surface area contributed by atoms with Gasteiger partial charge in [-0.1, -0.05) is 45.7 Å². The van der Waals surface area contributed by atoms with Crippen molar-refractivity contribution < 1.29 is 9.59 Å². The maximum Gasteiger partial charge on any atom is 0.257 e. The standard InChI is InChI=1S/C28H41N5O2S.ClH/c1-28(2,3)21-13-11-20(12-14-21)26(35)33-27(36)32-23-17-15-22(16-18-23)31-25(34)10-8-6-7-9-24(30-5)19-29-4;/h11-18,24,29-30H,6-10,19H2,1-5H3,(H,31,34)(H2,32,33,35,36);1H. The number of anilines is 2. The summed E-state index contributed by atoms with van der Waals surface area (Å²) >= 11 is 5.29. The Morgan fingerprint density at radius 3 is 2.00 bits per heavy atom. The van der Waals surface area contributed by atoms with Crippen molar-refractivity contribution in [3.8, 4) is 0 Å². The van der Waals surface area contributed by atoms with Gasteiger partial charge in [-0.05, 0) is 86.5 Å². The fraction of sp³-hybridized carbons (Fsp3) is 0.464. The summed E-state index contributed by atoms with van der Waals surface area (Å²) in [6.45, 7) is 7.34. The lowest BCUT2D eigenvalue weighted by atomic mass is 9.87. The number of halogens is 1. The van der Waals surface area contributed by atoms with E-state index in [0.29, 0.717) is 18.0 Å². The van der Waals surface area contributed by atoms with Crippen molar-refractivity contribution in [2.75, 3.05) is 31.3 Å². The number of likely N-dealkylation sites (N-methyl/N-ethyl adjacent to an activating group) is 2. The van der Waals surface area contributed by atoms with Gasteiger partial charge in [0.05, 0.1) is 0 Å². The van der Waals surface area contributed by atoms with Crippen molar-refractivity contribution >= 4 is 52.9 Å². The van der Waals surface area contributed by atoms with Crippen molar-refractivity contribution in [2.45, 2.75) is 64.3 Å². The summed E-state index contributed by atoms with van der Waals surface area (Å²) in [5, 5.41) is 15.3. The maximum absolute atomic E-state index is 12.5. The van der Waals surface area contributed by atoms with Gasteiger partial charge in [0.25, 0.3) is 5.91 Å². The van der Waals surface area contributed by atoms with Crippen molar-refractivity contribution in [3.05, 3.63) is 59.7 Å². The molecule has 0 aliphatic rings. The summed E-state index contributed by atoms with van der Waals surface area (Å²) in [4.78, 5) is 24.7. The minimum absolute atomic E-state index is 0. The first-order chi connectivity index (χ1) is 17.1. The molecule has 7 nitrogen and oxygen atoms in total. The molecule has 0 fully saturated rings. The van der Waals surface area contributed by atoms with Crippen LogP contribution < -0.4 is 26.6 Å². The van der Waals surface area contributed by atoms with E-state index in [0.717, 1.165) is 49.2 Å². The van der Waals surface area contributed by atoms with Crippen LogP contribution in [0.4, 0.5) is 11.4 Å². The fourth-order valence-corrected chi connectivity index (χ4v) is 3.98. The first-order valence-corrected chi connectivity index (χ1v) is 13.0. The van der Waals surface area contributed by atoms with Gasteiger partial charge < -0.3 is 21.3 Å². The second-order valence-electron chi connectivity index (χ2n) is 10.0. The lowest BCUT2D eigenvalue weighted by Crippen LogP contribution is -2.34. The van der Waals surface area contributed by atoms with Gasteiger partial charge in [0.2, 0.25) is 5.91 Å². The summed E-state index contributed by atoms with van der Waals surface area (Å²) < 4.78 is 0. The van der Waals surface area contributed by atoms with Crippen LogP contribution in [0.5, 0.6) is 0 Å². The van der Waals surface area contributed by atoms with Crippen LogP contribution in [0.15, 0.2) is 48.5 Å². The largest absolute Gasteiger partial charge is 0.332 e. The van der Waals surface area contributed by atoms with E-state index in [1.807, 2.05) is 50.5 Å². The molecule has 1 atom stereocenters. The average Bonchev–Trinajstić information content (AvgIpc) is 2.83. The van der Waals surface area contributed by atoms with Gasteiger partial charge >= 0.3 is 0 Å². The van der Waals surface area contributed by atoms with Crippen molar-refractivity contribution in [1.82, 2.24) is 16.0 Å². The van der Waals surface area contributed by atoms with Gasteiger partial charge in [0, 0.05) is 35.9 Å². The molecule has 2 amide bonds. The first kappa shape index (κ1) is 32.5. The Labute approximate surface area is 233 Å². The number of carbonyl (C=O) groups is 2. The van der Waals surface area contributed by atoms with Crippen LogP contribution in [0, 0.1) is 0 Å². The molecule has 5 N–H and O–H groups in total. The van der Waals surface area contributed by atoms with Crippen molar-refractivity contribution in [3.63, 3.8) is 0 Å². The SMILES string of the molecule is CNCC(CCCCCC(=O)Nc1ccc(NC(=S)NC(=O)c2ccc(C(C)(C)C)cc2)cc1)NC.Cl. The third kappa shape index (κ3) is 12.0. The molecule has 0 aliphatic carbocycles. The second kappa shape index (κ2) is 16.3. The van der Waals surface area contributed by atoms with Crippen LogP contribution >= 0.6 is 24.6 Å². The lowest BCUT2D eigenvalue weighted by molar-refractivity contribution is -0.116. The highest BCUT2D eigenvalue weighted by Gasteiger charge is 2.15. The molecule has 0 aromatic heterocycles. The monoisotopic (exact) mass is 547 g/mol. The zero-order valence-electron chi connectivity index (χ0n) is 22.6. The number of hydrogen-bond donors (Lipinski definition) is 5. The lowest BCUT2D eigenvalue weighted by Gasteiger charge is -2.19. The van der Waals surface area contributed by atoms with Gasteiger partial charge in [-0.2, -0.15) is 0 Å². The van der Waals surface area contributed by atoms with E-state index < -0.39 is 0 Å². The quantitative estimate of drug-likeness (QED) is 0.184. The van der Waals surface area contributed by atoms with E-state index >= 15 is 0 Å². The Hall–Kier alpha value is -2.52. The zero-order valence-corrected chi connectivity index (χ0v) is 24.2. The molecule has 1 unspecified atom stereocenters. The molecule has 204 valence electrons. The summed E-state index contributed by atoms with van der Waals surface area (Å²) in [5.41, 5.74) is 3.19. The summed E-state index contributed by atoms with van der Waals surface area (Å²) in [6, 6.07) is 15.2. The van der Waals surface area contributed by atoms with E-state index in [1.165, 1.54) is 0 Å². The molecule has 0 aliphatic heterocycles. The minimum atomic E-state index is -0.264. The Bertz CT molecular complexity index is 991. The van der Waals surface area contributed by atoms with E-state index in [-0.39, 0.29) is 34.7 Å². The summed E-state index contributed by atoms with van der Waals surface area (Å²) in [7, 11) is 3.93. The molecule has 37 heavy (non-hydrogen) atoms. The topological polar surface area (TPSA) is 94.3 Å². The van der Waals surface area contributed by atoms with E-state index in [2.05, 4.69) is 47.4 Å². The molecule has 9 heteroatoms. The van der Waals surface area contributed by atoms with Crippen molar-refractivity contribution in [1.29, 1.82) is 0 Å². The highest BCUT2D eigenvalue weighted by molar-refractivity contribution is 7.80. The smallest absolute Gasteiger partial charge is 0.257 e. The van der Waals surface area contributed by atoms with Gasteiger partial charge in [0.1, 0.15) is 0 Å². The molecule has 0 saturated carbocycles. The maximum atomic E-state index is 12.5. The number of amides is 2. The minimum Gasteiger partial charge on any atom is -0.332 e. The van der Waals surface area contributed by atoms with E-state index in [9.17, 15) is 9.59 Å². The second-order valence-corrected chi connectivity index (χ2v) is 10.4. The number of benzene rings is 2. The molecule has 2 rings (SSSR count). The predicted octanol–water partition coefficient (Wildman–Crippen LogP) is 5.23. The number of nitrogens with one attached hydrogen (secondary N) is 5. The molecule has 0 spiro atoms. The molecule has 2 aromatic rings. The van der Waals surface area contributed by atoms with Crippen LogP contribution in [0.2, 0.25) is 0 Å². The van der Waals surface area contributed by atoms with Gasteiger partial charge in [0.15, 0.2) is 5.11 Å². The number of thiocarbonyl (C=S) groups is 1. The molecular formula is C28H42ClN5O2S.